The summed E-state index contributed by atoms with van der Waals surface area (Å²) < 4.78 is 33.6. The van der Waals surface area contributed by atoms with Crippen LogP contribution in [0.1, 0.15) is 43.5 Å². The zero-order chi connectivity index (χ0) is 20.1. The van der Waals surface area contributed by atoms with Gasteiger partial charge in [0.25, 0.3) is 0 Å². The summed E-state index contributed by atoms with van der Waals surface area (Å²) in [5.74, 6) is -0.937. The van der Waals surface area contributed by atoms with E-state index in [1.165, 1.54) is 6.33 Å². The van der Waals surface area contributed by atoms with Crippen LogP contribution in [0.4, 0.5) is 0 Å². The highest BCUT2D eigenvalue weighted by Gasteiger charge is 2.28. The normalized spacial score (nSPS) is 23.3. The minimum absolute atomic E-state index is 0.00268. The molecule has 0 bridgehead atoms. The first kappa shape index (κ1) is 11.0. The molecule has 124 valence electrons. The van der Waals surface area contributed by atoms with Crippen molar-refractivity contribution < 1.29 is 10.3 Å². The summed E-state index contributed by atoms with van der Waals surface area (Å²) in [6, 6.07) is 1.34. The molecule has 1 aliphatic rings. The van der Waals surface area contributed by atoms with E-state index in [1.807, 2.05) is 6.07 Å². The van der Waals surface area contributed by atoms with Crippen LogP contribution < -0.4 is 5.73 Å². The summed E-state index contributed by atoms with van der Waals surface area (Å²) in [5.41, 5.74) is 7.53. The number of primary amides is 1. The molecule has 3 aromatic rings. The van der Waals surface area contributed by atoms with Crippen molar-refractivity contribution >= 4 is 16.9 Å². The third-order valence-electron chi connectivity index (χ3n) is 4.38. The topological polar surface area (TPSA) is 102 Å². The zero-order valence-corrected chi connectivity index (χ0v) is 12.9. The highest BCUT2D eigenvalue weighted by atomic mass is 16.1. The van der Waals surface area contributed by atoms with Crippen LogP contribution in [-0.4, -0.2) is 30.6 Å². The number of nitrogens with zero attached hydrogens (tertiary/aromatic N) is 4. The fourth-order valence-electron chi connectivity index (χ4n) is 3.18. The molecule has 3 aromatic heterocycles. The van der Waals surface area contributed by atoms with Crippen molar-refractivity contribution in [3.8, 4) is 11.3 Å². The third kappa shape index (κ3) is 2.66. The number of fused-ring (bicyclic) bond motifs is 1. The van der Waals surface area contributed by atoms with Gasteiger partial charge in [0, 0.05) is 35.2 Å². The van der Waals surface area contributed by atoms with Crippen LogP contribution in [0.15, 0.2) is 31.0 Å². The smallest absolute Gasteiger partial charge is 0.219 e. The molecule has 7 nitrogen and oxygen atoms in total. The third-order valence-corrected chi connectivity index (χ3v) is 4.38. The molecule has 1 amide bonds. The number of hydrogen-bond acceptors (Lipinski definition) is 4. The van der Waals surface area contributed by atoms with E-state index in [2.05, 4.69) is 20.1 Å². The highest BCUT2D eigenvalue weighted by Crippen LogP contribution is 2.36. The van der Waals surface area contributed by atoms with Crippen molar-refractivity contribution in [2.24, 2.45) is 11.7 Å². The van der Waals surface area contributed by atoms with Gasteiger partial charge in [-0.1, -0.05) is 12.7 Å². The van der Waals surface area contributed by atoms with Gasteiger partial charge in [-0.2, -0.15) is 5.10 Å². The zero-order valence-electron chi connectivity index (χ0n) is 16.9. The molecule has 24 heavy (non-hydrogen) atoms. The molecule has 0 aromatic carbocycles. The van der Waals surface area contributed by atoms with Gasteiger partial charge in [-0.25, -0.2) is 9.97 Å². The molecule has 0 spiro atoms. The number of aromatic nitrogens is 5. The molecule has 0 saturated heterocycles. The molecule has 0 aliphatic heterocycles. The summed E-state index contributed by atoms with van der Waals surface area (Å²) in [6.07, 6.45) is 2.62. The summed E-state index contributed by atoms with van der Waals surface area (Å²) in [4.78, 5) is 23.2. The second-order valence-electron chi connectivity index (χ2n) is 5.93. The predicted octanol–water partition coefficient (Wildman–Crippen LogP) is 2.43. The molecule has 0 unspecified atom stereocenters. The SMILES string of the molecule is [2H]C1([2H])CC([C@@H](CC(N)=O)n2cc(-c3ncnc4[nH]ccc34)cn2)CC1([2H])[2H]. The van der Waals surface area contributed by atoms with Crippen LogP contribution >= 0.6 is 0 Å². The number of nitrogens with one attached hydrogen (secondary N) is 1. The Morgan fingerprint density at radius 2 is 2.29 bits per heavy atom. The van der Waals surface area contributed by atoms with Gasteiger partial charge in [0.2, 0.25) is 5.91 Å². The number of rotatable bonds is 5. The Kier molecular flexibility index (Phi) is 2.77. The van der Waals surface area contributed by atoms with E-state index in [1.54, 1.807) is 23.3 Å². The van der Waals surface area contributed by atoms with Gasteiger partial charge in [0.1, 0.15) is 12.0 Å². The van der Waals surface area contributed by atoms with Crippen LogP contribution in [0.25, 0.3) is 22.3 Å². The minimum Gasteiger partial charge on any atom is -0.370 e. The number of hydrogen-bond donors (Lipinski definition) is 2. The van der Waals surface area contributed by atoms with Gasteiger partial charge in [0.05, 0.1) is 17.9 Å². The summed E-state index contributed by atoms with van der Waals surface area (Å²) >= 11 is 0. The maximum absolute atomic E-state index is 11.6. The minimum atomic E-state index is -1.96. The molecular formula is C17H20N6O. The second-order valence-corrected chi connectivity index (χ2v) is 5.93. The monoisotopic (exact) mass is 328 g/mol. The van der Waals surface area contributed by atoms with Crippen molar-refractivity contribution in [1.29, 1.82) is 0 Å². The average molecular weight is 328 g/mol. The van der Waals surface area contributed by atoms with Crippen LogP contribution in [0, 0.1) is 5.92 Å². The Bertz CT molecular complexity index is 1010. The van der Waals surface area contributed by atoms with Gasteiger partial charge in [0.15, 0.2) is 0 Å². The van der Waals surface area contributed by atoms with E-state index < -0.39 is 30.6 Å². The average Bonchev–Trinajstić information content (AvgIpc) is 3.30. The molecular weight excluding hydrogens is 304 g/mol. The first-order chi connectivity index (χ1) is 13.2. The summed E-state index contributed by atoms with van der Waals surface area (Å²) in [5, 5.41) is 5.21. The van der Waals surface area contributed by atoms with Crippen molar-refractivity contribution in [3.63, 3.8) is 0 Å². The lowest BCUT2D eigenvalue weighted by atomic mass is 9.95. The fourth-order valence-corrected chi connectivity index (χ4v) is 3.18. The van der Waals surface area contributed by atoms with Crippen molar-refractivity contribution in [3.05, 3.63) is 31.0 Å². The molecule has 3 N–H and O–H groups in total. The number of carbonyl (C=O) groups excluding carboxylic acids is 1. The molecule has 1 aliphatic carbocycles. The fraction of sp³-hybridized carbons (Fsp3) is 0.412. The molecule has 1 atom stereocenters. The van der Waals surface area contributed by atoms with Crippen LogP contribution in [0.5, 0.6) is 0 Å². The number of aromatic amines is 1. The van der Waals surface area contributed by atoms with Crippen LogP contribution in [-0.2, 0) is 4.79 Å². The largest absolute Gasteiger partial charge is 0.370 e. The molecule has 4 rings (SSSR count). The Labute approximate surface area is 144 Å². The standard InChI is InChI=1S/C17H20N6O/c18-15(24)7-14(11-3-1-2-4-11)23-9-12(8-22-23)16-13-5-6-19-17(13)21-10-20-16/h5-6,8-11,14H,1-4,7H2,(H2,18,24)(H,19,20,21)/t14-/m1/s1/i1D2,2D2. The number of nitrogens with two attached hydrogens (primary N) is 1. The van der Waals surface area contributed by atoms with Gasteiger partial charge < -0.3 is 10.7 Å². The summed E-state index contributed by atoms with van der Waals surface area (Å²) in [7, 11) is 0. The van der Waals surface area contributed by atoms with Gasteiger partial charge >= 0.3 is 0 Å². The Morgan fingerprint density at radius 1 is 1.46 bits per heavy atom. The molecule has 0 radical (unpaired) electrons. The lowest BCUT2D eigenvalue weighted by molar-refractivity contribution is -0.119. The first-order valence-corrected chi connectivity index (χ1v) is 7.79. The van der Waals surface area contributed by atoms with Gasteiger partial charge in [-0.3, -0.25) is 9.48 Å². The maximum Gasteiger partial charge on any atom is 0.219 e. The molecule has 1 saturated carbocycles. The lowest BCUT2D eigenvalue weighted by Crippen LogP contribution is -2.24. The van der Waals surface area contributed by atoms with E-state index in [4.69, 9.17) is 11.2 Å². The van der Waals surface area contributed by atoms with Gasteiger partial charge in [-0.15, -0.1) is 0 Å². The van der Waals surface area contributed by atoms with Gasteiger partial charge in [-0.05, 0) is 24.8 Å². The molecule has 7 heteroatoms. The number of carbonyl (C=O) groups is 1. The van der Waals surface area contributed by atoms with Crippen molar-refractivity contribution in [2.75, 3.05) is 0 Å². The number of H-pyrrole nitrogens is 1. The van der Waals surface area contributed by atoms with E-state index in [0.717, 1.165) is 10.9 Å². The van der Waals surface area contributed by atoms with Crippen LogP contribution in [0.3, 0.4) is 0 Å². The predicted molar refractivity (Wildman–Crippen MR) is 89.9 cm³/mol. The van der Waals surface area contributed by atoms with E-state index >= 15 is 0 Å². The molecule has 3 heterocycles. The first-order valence-electron chi connectivity index (χ1n) is 9.79. The van der Waals surface area contributed by atoms with E-state index in [0.29, 0.717) is 11.3 Å². The summed E-state index contributed by atoms with van der Waals surface area (Å²) in [6.45, 7) is 0. The Morgan fingerprint density at radius 3 is 3.08 bits per heavy atom. The molecule has 1 fully saturated rings. The second kappa shape index (κ2) is 6.07. The number of amides is 1. The van der Waals surface area contributed by atoms with Crippen molar-refractivity contribution in [2.45, 2.75) is 38.1 Å². The maximum atomic E-state index is 11.6. The Balaban J connectivity index is 1.69. The highest BCUT2D eigenvalue weighted by molar-refractivity contribution is 5.90. The quantitative estimate of drug-likeness (QED) is 0.750. The Hall–Kier alpha value is -2.70. The lowest BCUT2D eigenvalue weighted by Gasteiger charge is -2.22. The van der Waals surface area contributed by atoms with Crippen molar-refractivity contribution in [1.82, 2.24) is 24.7 Å². The van der Waals surface area contributed by atoms with E-state index in [9.17, 15) is 4.79 Å². The van der Waals surface area contributed by atoms with E-state index in [-0.39, 0.29) is 19.3 Å². The van der Waals surface area contributed by atoms with Crippen LogP contribution in [0.2, 0.25) is 0 Å².